The Labute approximate surface area is 175 Å². The lowest BCUT2D eigenvalue weighted by Crippen LogP contribution is -2.21. The molecule has 0 fully saturated rings. The van der Waals surface area contributed by atoms with Gasteiger partial charge in [-0.15, -0.1) is 5.10 Å². The summed E-state index contributed by atoms with van der Waals surface area (Å²) >= 11 is 3.43. The van der Waals surface area contributed by atoms with E-state index in [9.17, 15) is 10.4 Å². The molecule has 4 N–H and O–H groups in total. The van der Waals surface area contributed by atoms with E-state index in [4.69, 9.17) is 15.2 Å². The Balaban J connectivity index is 1.90. The normalized spacial score (nSPS) is 15.4. The standard InChI is InChI=1S/C21H17BrN4O3/c1-2-28-13-6-3-11(4-7-13)19-18-17(14-9-12(22)5-8-16(14)27)15(10-23)20(24)29-21(18)26-25-19/h3-9,17,27H,2,24H2,1H3,(H,25,26)/t17-/m0/s1. The van der Waals surface area contributed by atoms with Gasteiger partial charge in [-0.2, -0.15) is 5.26 Å². The summed E-state index contributed by atoms with van der Waals surface area (Å²) in [6, 6.07) is 14.7. The SMILES string of the molecule is CCOc1ccc(-c2[nH]nc3c2[C@@H](c2cc(Br)ccc2O)C(C#N)=C(N)O3)cc1. The molecule has 0 aliphatic carbocycles. The number of nitrogens with one attached hydrogen (secondary N) is 1. The van der Waals surface area contributed by atoms with Crippen molar-refractivity contribution in [2.24, 2.45) is 5.73 Å². The van der Waals surface area contributed by atoms with Gasteiger partial charge in [0.15, 0.2) is 0 Å². The molecule has 0 unspecified atom stereocenters. The third kappa shape index (κ3) is 3.30. The Morgan fingerprint density at radius 2 is 2.07 bits per heavy atom. The molecular formula is C21H17BrN4O3. The highest BCUT2D eigenvalue weighted by molar-refractivity contribution is 9.10. The highest BCUT2D eigenvalue weighted by Crippen LogP contribution is 2.48. The lowest BCUT2D eigenvalue weighted by molar-refractivity contribution is 0.340. The van der Waals surface area contributed by atoms with Crippen LogP contribution in [0.25, 0.3) is 11.3 Å². The fraction of sp³-hybridized carbons (Fsp3) is 0.143. The van der Waals surface area contributed by atoms with Crippen LogP contribution in [0, 0.1) is 11.3 Å². The van der Waals surface area contributed by atoms with Crippen LogP contribution in [-0.4, -0.2) is 21.9 Å². The van der Waals surface area contributed by atoms with Crippen LogP contribution in [0.5, 0.6) is 17.4 Å². The van der Waals surface area contributed by atoms with Gasteiger partial charge in [0.1, 0.15) is 23.1 Å². The number of halogens is 1. The van der Waals surface area contributed by atoms with Crippen LogP contribution in [-0.2, 0) is 0 Å². The van der Waals surface area contributed by atoms with Gasteiger partial charge in [0, 0.05) is 15.6 Å². The summed E-state index contributed by atoms with van der Waals surface area (Å²) in [6.45, 7) is 2.50. The number of benzene rings is 2. The van der Waals surface area contributed by atoms with E-state index in [1.54, 1.807) is 18.2 Å². The van der Waals surface area contributed by atoms with Crippen molar-refractivity contribution in [1.29, 1.82) is 5.26 Å². The van der Waals surface area contributed by atoms with Gasteiger partial charge in [0.05, 0.1) is 23.8 Å². The first kappa shape index (κ1) is 18.9. The smallest absolute Gasteiger partial charge is 0.244 e. The van der Waals surface area contributed by atoms with Crippen molar-refractivity contribution in [3.05, 3.63) is 69.5 Å². The molecule has 1 aliphatic heterocycles. The number of ether oxygens (including phenoxy) is 2. The second kappa shape index (κ2) is 7.53. The van der Waals surface area contributed by atoms with Gasteiger partial charge in [0.25, 0.3) is 0 Å². The predicted molar refractivity (Wildman–Crippen MR) is 110 cm³/mol. The summed E-state index contributed by atoms with van der Waals surface area (Å²) in [5, 5.41) is 27.5. The number of phenols is 1. The predicted octanol–water partition coefficient (Wildman–Crippen LogP) is 4.16. The fourth-order valence-electron chi connectivity index (χ4n) is 3.42. The number of aromatic amines is 1. The first-order valence-corrected chi connectivity index (χ1v) is 9.70. The van der Waals surface area contributed by atoms with Crippen molar-refractivity contribution in [3.8, 4) is 34.7 Å². The summed E-state index contributed by atoms with van der Waals surface area (Å²) in [5.74, 6) is 0.403. The van der Waals surface area contributed by atoms with Gasteiger partial charge in [0.2, 0.25) is 11.8 Å². The number of nitrogens with two attached hydrogens (primary N) is 1. The molecule has 4 rings (SSSR count). The number of hydrogen-bond acceptors (Lipinski definition) is 6. The lowest BCUT2D eigenvalue weighted by atomic mass is 9.82. The number of rotatable bonds is 4. The third-order valence-electron chi connectivity index (χ3n) is 4.69. The number of hydrogen-bond donors (Lipinski definition) is 3. The monoisotopic (exact) mass is 452 g/mol. The quantitative estimate of drug-likeness (QED) is 0.546. The molecular weight excluding hydrogens is 436 g/mol. The minimum atomic E-state index is -0.637. The number of allylic oxidation sites excluding steroid dienone is 1. The van der Waals surface area contributed by atoms with E-state index in [1.807, 2.05) is 31.2 Å². The van der Waals surface area contributed by atoms with Crippen LogP contribution in [0.15, 0.2) is 58.4 Å². The summed E-state index contributed by atoms with van der Waals surface area (Å²) in [7, 11) is 0. The van der Waals surface area contributed by atoms with E-state index in [0.717, 1.165) is 15.8 Å². The minimum absolute atomic E-state index is 0.0332. The van der Waals surface area contributed by atoms with Crippen molar-refractivity contribution < 1.29 is 14.6 Å². The number of fused-ring (bicyclic) bond motifs is 1. The maximum absolute atomic E-state index is 10.5. The van der Waals surface area contributed by atoms with Crippen LogP contribution in [0.3, 0.4) is 0 Å². The maximum atomic E-state index is 10.5. The van der Waals surface area contributed by atoms with Crippen molar-refractivity contribution in [3.63, 3.8) is 0 Å². The van der Waals surface area contributed by atoms with E-state index in [-0.39, 0.29) is 23.1 Å². The minimum Gasteiger partial charge on any atom is -0.508 e. The lowest BCUT2D eigenvalue weighted by Gasteiger charge is -2.24. The Bertz CT molecular complexity index is 1150. The maximum Gasteiger partial charge on any atom is 0.244 e. The van der Waals surface area contributed by atoms with Gasteiger partial charge in [-0.05, 0) is 49.4 Å². The topological polar surface area (TPSA) is 117 Å². The van der Waals surface area contributed by atoms with Crippen LogP contribution in [0.4, 0.5) is 0 Å². The molecule has 1 aromatic heterocycles. The molecule has 0 spiro atoms. The zero-order valence-electron chi connectivity index (χ0n) is 15.4. The molecule has 2 heterocycles. The van der Waals surface area contributed by atoms with E-state index in [1.165, 1.54) is 0 Å². The van der Waals surface area contributed by atoms with Crippen molar-refractivity contribution in [1.82, 2.24) is 10.2 Å². The fourth-order valence-corrected chi connectivity index (χ4v) is 3.80. The molecule has 8 heteroatoms. The Kier molecular flexibility index (Phi) is 4.91. The zero-order chi connectivity index (χ0) is 20.5. The van der Waals surface area contributed by atoms with Gasteiger partial charge < -0.3 is 20.3 Å². The largest absolute Gasteiger partial charge is 0.508 e. The molecule has 2 aromatic carbocycles. The summed E-state index contributed by atoms with van der Waals surface area (Å²) in [4.78, 5) is 0. The second-order valence-electron chi connectivity index (χ2n) is 6.40. The Hall–Kier alpha value is -3.44. The molecule has 1 aliphatic rings. The first-order valence-electron chi connectivity index (χ1n) is 8.91. The molecule has 0 bridgehead atoms. The average molecular weight is 453 g/mol. The molecule has 3 aromatic rings. The Morgan fingerprint density at radius 1 is 1.31 bits per heavy atom. The van der Waals surface area contributed by atoms with Crippen molar-refractivity contribution in [2.45, 2.75) is 12.8 Å². The third-order valence-corrected chi connectivity index (χ3v) is 5.19. The van der Waals surface area contributed by atoms with Crippen molar-refractivity contribution in [2.75, 3.05) is 6.61 Å². The molecule has 146 valence electrons. The molecule has 0 saturated carbocycles. The van der Waals surface area contributed by atoms with Crippen LogP contribution in [0.1, 0.15) is 24.0 Å². The van der Waals surface area contributed by atoms with E-state index >= 15 is 0 Å². The number of nitrogens with zero attached hydrogens (tertiary/aromatic N) is 2. The van der Waals surface area contributed by atoms with Gasteiger partial charge in [-0.3, -0.25) is 5.10 Å². The summed E-state index contributed by atoms with van der Waals surface area (Å²) < 4.78 is 11.9. The van der Waals surface area contributed by atoms with Gasteiger partial charge in [-0.1, -0.05) is 15.9 Å². The molecule has 0 saturated heterocycles. The zero-order valence-corrected chi connectivity index (χ0v) is 17.0. The van der Waals surface area contributed by atoms with E-state index in [0.29, 0.717) is 23.4 Å². The molecule has 1 atom stereocenters. The van der Waals surface area contributed by atoms with E-state index < -0.39 is 5.92 Å². The van der Waals surface area contributed by atoms with E-state index in [2.05, 4.69) is 32.2 Å². The van der Waals surface area contributed by atoms with Gasteiger partial charge >= 0.3 is 0 Å². The van der Waals surface area contributed by atoms with Crippen LogP contribution < -0.4 is 15.2 Å². The number of H-pyrrole nitrogens is 1. The van der Waals surface area contributed by atoms with Gasteiger partial charge in [-0.25, -0.2) is 0 Å². The summed E-state index contributed by atoms with van der Waals surface area (Å²) in [5.41, 5.74) is 8.87. The van der Waals surface area contributed by atoms with Crippen LogP contribution in [0.2, 0.25) is 0 Å². The number of aromatic nitrogens is 2. The Morgan fingerprint density at radius 3 is 2.76 bits per heavy atom. The first-order chi connectivity index (χ1) is 14.0. The second-order valence-corrected chi connectivity index (χ2v) is 7.32. The highest BCUT2D eigenvalue weighted by atomic mass is 79.9. The molecule has 0 radical (unpaired) electrons. The highest BCUT2D eigenvalue weighted by Gasteiger charge is 2.37. The molecule has 0 amide bonds. The molecule has 7 nitrogen and oxygen atoms in total. The molecule has 29 heavy (non-hydrogen) atoms. The summed E-state index contributed by atoms with van der Waals surface area (Å²) in [6.07, 6.45) is 0. The average Bonchev–Trinajstić information content (AvgIpc) is 3.13. The van der Waals surface area contributed by atoms with Crippen LogP contribution >= 0.6 is 15.9 Å². The number of aromatic hydroxyl groups is 1. The number of nitriles is 1. The number of phenolic OH excluding ortho intramolecular Hbond substituents is 1. The van der Waals surface area contributed by atoms with Crippen molar-refractivity contribution >= 4 is 15.9 Å².